The molecule has 0 saturated heterocycles. The van der Waals surface area contributed by atoms with E-state index in [0.29, 0.717) is 21.2 Å². The van der Waals surface area contributed by atoms with Crippen LogP contribution in [0.25, 0.3) is 0 Å². The van der Waals surface area contributed by atoms with Gasteiger partial charge in [-0.25, -0.2) is 4.79 Å². The first-order valence-electron chi connectivity index (χ1n) is 7.37. The van der Waals surface area contributed by atoms with E-state index in [9.17, 15) is 14.4 Å². The van der Waals surface area contributed by atoms with Gasteiger partial charge in [-0.1, -0.05) is 6.92 Å². The summed E-state index contributed by atoms with van der Waals surface area (Å²) in [5, 5.41) is 6.92. The van der Waals surface area contributed by atoms with Crippen LogP contribution in [0.15, 0.2) is 6.20 Å². The lowest BCUT2D eigenvalue weighted by atomic mass is 10.1. The third kappa shape index (κ3) is 4.00. The molecule has 0 spiro atoms. The Bertz CT molecular complexity index is 823. The summed E-state index contributed by atoms with van der Waals surface area (Å²) in [6.07, 6.45) is 2.22. The number of amides is 2. The minimum Gasteiger partial charge on any atom is -0.462 e. The van der Waals surface area contributed by atoms with E-state index in [-0.39, 0.29) is 22.0 Å². The normalized spacial score (nSPS) is 10.6. The van der Waals surface area contributed by atoms with E-state index in [1.165, 1.54) is 4.68 Å². The standard InChI is InChI=1S/C15H17IN4O4S/c1-4-5-24-15(23)9-7(2)11(12(17)21)25-14(9)19-13(22)10-8(16)6-18-20(10)3/h6H,4-5H2,1-3H3,(H2,17,21)(H,19,22). The zero-order valence-electron chi connectivity index (χ0n) is 13.9. The van der Waals surface area contributed by atoms with Gasteiger partial charge in [-0.15, -0.1) is 11.3 Å². The van der Waals surface area contributed by atoms with Gasteiger partial charge in [0.05, 0.1) is 26.8 Å². The molecule has 0 saturated carbocycles. The van der Waals surface area contributed by atoms with E-state index in [4.69, 9.17) is 10.5 Å². The summed E-state index contributed by atoms with van der Waals surface area (Å²) >= 11 is 2.95. The monoisotopic (exact) mass is 476 g/mol. The molecule has 0 fully saturated rings. The Balaban J connectivity index is 2.42. The number of aromatic nitrogens is 2. The highest BCUT2D eigenvalue weighted by Crippen LogP contribution is 2.34. The van der Waals surface area contributed by atoms with Gasteiger partial charge in [0.25, 0.3) is 11.8 Å². The fourth-order valence-corrected chi connectivity index (χ4v) is 3.94. The van der Waals surface area contributed by atoms with Crippen LogP contribution in [-0.4, -0.2) is 34.2 Å². The predicted octanol–water partition coefficient (Wildman–Crippen LogP) is 2.31. The van der Waals surface area contributed by atoms with Crippen LogP contribution in [0.2, 0.25) is 0 Å². The highest BCUT2D eigenvalue weighted by atomic mass is 127. The molecule has 0 radical (unpaired) electrons. The number of carbonyl (C=O) groups is 3. The first kappa shape index (κ1) is 19.4. The number of nitrogens with one attached hydrogen (secondary N) is 1. The van der Waals surface area contributed by atoms with E-state index < -0.39 is 17.8 Å². The Morgan fingerprint density at radius 3 is 2.64 bits per heavy atom. The number of ether oxygens (including phenoxy) is 1. The summed E-state index contributed by atoms with van der Waals surface area (Å²) in [6, 6.07) is 0. The second kappa shape index (κ2) is 7.95. The second-order valence-corrected chi connectivity index (χ2v) is 7.36. The Hall–Kier alpha value is -1.95. The average molecular weight is 476 g/mol. The Kier molecular flexibility index (Phi) is 6.16. The largest absolute Gasteiger partial charge is 0.462 e. The topological polar surface area (TPSA) is 116 Å². The second-order valence-electron chi connectivity index (χ2n) is 5.18. The number of carbonyl (C=O) groups excluding carboxylic acids is 3. The van der Waals surface area contributed by atoms with Crippen molar-refractivity contribution in [2.45, 2.75) is 20.3 Å². The number of halogens is 1. The van der Waals surface area contributed by atoms with Gasteiger partial charge in [0.1, 0.15) is 10.7 Å². The molecule has 2 heterocycles. The van der Waals surface area contributed by atoms with E-state index in [2.05, 4.69) is 10.4 Å². The molecule has 0 aromatic carbocycles. The van der Waals surface area contributed by atoms with E-state index in [1.54, 1.807) is 20.2 Å². The Morgan fingerprint density at radius 2 is 2.12 bits per heavy atom. The van der Waals surface area contributed by atoms with Crippen LogP contribution in [0.5, 0.6) is 0 Å². The van der Waals surface area contributed by atoms with Crippen LogP contribution in [-0.2, 0) is 11.8 Å². The summed E-state index contributed by atoms with van der Waals surface area (Å²) in [6.45, 7) is 3.71. The number of aryl methyl sites for hydroxylation is 1. The van der Waals surface area contributed by atoms with Crippen molar-refractivity contribution < 1.29 is 19.1 Å². The average Bonchev–Trinajstić information content (AvgIpc) is 3.04. The molecule has 2 amide bonds. The first-order chi connectivity index (χ1) is 11.8. The molecular formula is C15H17IN4O4S. The lowest BCUT2D eigenvalue weighted by Gasteiger charge is -2.08. The summed E-state index contributed by atoms with van der Waals surface area (Å²) < 4.78 is 7.25. The summed E-state index contributed by atoms with van der Waals surface area (Å²) in [4.78, 5) is 36.7. The molecular weight excluding hydrogens is 459 g/mol. The molecule has 0 aliphatic rings. The summed E-state index contributed by atoms with van der Waals surface area (Å²) in [5.41, 5.74) is 6.26. The van der Waals surface area contributed by atoms with Crippen LogP contribution in [0, 0.1) is 10.5 Å². The maximum absolute atomic E-state index is 12.6. The highest BCUT2D eigenvalue weighted by Gasteiger charge is 2.27. The van der Waals surface area contributed by atoms with Crippen LogP contribution in [0.4, 0.5) is 5.00 Å². The van der Waals surface area contributed by atoms with E-state index in [0.717, 1.165) is 11.3 Å². The maximum Gasteiger partial charge on any atom is 0.341 e. The summed E-state index contributed by atoms with van der Waals surface area (Å²) in [7, 11) is 1.64. The number of primary amides is 1. The van der Waals surface area contributed by atoms with Crippen molar-refractivity contribution in [3.63, 3.8) is 0 Å². The van der Waals surface area contributed by atoms with Gasteiger partial charge in [-0.3, -0.25) is 14.3 Å². The van der Waals surface area contributed by atoms with Gasteiger partial charge in [-0.2, -0.15) is 5.10 Å². The van der Waals surface area contributed by atoms with Crippen LogP contribution in [0.1, 0.15) is 49.4 Å². The van der Waals surface area contributed by atoms with Crippen LogP contribution >= 0.6 is 33.9 Å². The molecule has 0 atom stereocenters. The van der Waals surface area contributed by atoms with Crippen molar-refractivity contribution in [2.24, 2.45) is 12.8 Å². The van der Waals surface area contributed by atoms with Gasteiger partial charge in [0.15, 0.2) is 0 Å². The molecule has 10 heteroatoms. The molecule has 25 heavy (non-hydrogen) atoms. The zero-order chi connectivity index (χ0) is 18.7. The van der Waals surface area contributed by atoms with Crippen molar-refractivity contribution in [3.8, 4) is 0 Å². The molecule has 3 N–H and O–H groups in total. The molecule has 2 aromatic rings. The number of hydrogen-bond donors (Lipinski definition) is 2. The zero-order valence-corrected chi connectivity index (χ0v) is 16.9. The van der Waals surface area contributed by atoms with Crippen molar-refractivity contribution in [1.29, 1.82) is 0 Å². The number of nitrogens with two attached hydrogens (primary N) is 1. The Morgan fingerprint density at radius 1 is 1.44 bits per heavy atom. The van der Waals surface area contributed by atoms with Gasteiger partial charge >= 0.3 is 5.97 Å². The maximum atomic E-state index is 12.6. The summed E-state index contributed by atoms with van der Waals surface area (Å²) in [5.74, 6) is -1.70. The fourth-order valence-electron chi connectivity index (χ4n) is 2.18. The lowest BCUT2D eigenvalue weighted by molar-refractivity contribution is 0.0506. The van der Waals surface area contributed by atoms with Gasteiger partial charge in [-0.05, 0) is 41.5 Å². The molecule has 0 unspecified atom stereocenters. The van der Waals surface area contributed by atoms with Gasteiger partial charge in [0, 0.05) is 7.05 Å². The van der Waals surface area contributed by atoms with E-state index >= 15 is 0 Å². The number of anilines is 1. The van der Waals surface area contributed by atoms with Crippen molar-refractivity contribution in [3.05, 3.63) is 31.5 Å². The van der Waals surface area contributed by atoms with Crippen LogP contribution in [0.3, 0.4) is 0 Å². The van der Waals surface area contributed by atoms with Crippen molar-refractivity contribution >= 4 is 56.7 Å². The number of hydrogen-bond acceptors (Lipinski definition) is 6. The molecule has 0 aliphatic heterocycles. The van der Waals surface area contributed by atoms with Gasteiger partial charge in [0.2, 0.25) is 0 Å². The number of thiophene rings is 1. The predicted molar refractivity (Wildman–Crippen MR) is 102 cm³/mol. The quantitative estimate of drug-likeness (QED) is 0.491. The molecule has 0 bridgehead atoms. The lowest BCUT2D eigenvalue weighted by Crippen LogP contribution is -2.19. The molecule has 2 rings (SSSR count). The minimum absolute atomic E-state index is 0.151. The highest BCUT2D eigenvalue weighted by molar-refractivity contribution is 14.1. The molecule has 2 aromatic heterocycles. The smallest absolute Gasteiger partial charge is 0.341 e. The SMILES string of the molecule is CCCOC(=O)c1c(NC(=O)c2c(I)cnn2C)sc(C(N)=O)c1C. The fraction of sp³-hybridized carbons (Fsp3) is 0.333. The minimum atomic E-state index is -0.664. The number of rotatable bonds is 6. The number of nitrogens with zero attached hydrogens (tertiary/aromatic N) is 2. The van der Waals surface area contributed by atoms with Crippen molar-refractivity contribution in [1.82, 2.24) is 9.78 Å². The first-order valence-corrected chi connectivity index (χ1v) is 9.26. The Labute approximate surface area is 161 Å². The molecule has 0 aliphatic carbocycles. The molecule has 134 valence electrons. The number of esters is 1. The third-order valence-corrected chi connectivity index (χ3v) is 5.36. The van der Waals surface area contributed by atoms with Crippen molar-refractivity contribution in [2.75, 3.05) is 11.9 Å². The van der Waals surface area contributed by atoms with Crippen LogP contribution < -0.4 is 11.1 Å². The molecule has 8 nitrogen and oxygen atoms in total. The third-order valence-electron chi connectivity index (χ3n) is 3.35. The van der Waals surface area contributed by atoms with Gasteiger partial charge < -0.3 is 15.8 Å². The van der Waals surface area contributed by atoms with E-state index in [1.807, 2.05) is 29.5 Å².